The molecule has 0 aromatic carbocycles. The lowest BCUT2D eigenvalue weighted by Crippen LogP contribution is -2.46. The summed E-state index contributed by atoms with van der Waals surface area (Å²) in [5.74, 6) is 1.00. The molecule has 0 aliphatic heterocycles. The zero-order chi connectivity index (χ0) is 13.1. The van der Waals surface area contributed by atoms with Gasteiger partial charge in [0.2, 0.25) is 0 Å². The van der Waals surface area contributed by atoms with E-state index in [2.05, 4.69) is 51.8 Å². The Morgan fingerprint density at radius 2 is 1.71 bits per heavy atom. The molecule has 1 rings (SSSR count). The largest absolute Gasteiger partial charge is 0.311 e. The van der Waals surface area contributed by atoms with Gasteiger partial charge in [-0.05, 0) is 51.5 Å². The molecular formula is C15H32N2. The van der Waals surface area contributed by atoms with Crippen molar-refractivity contribution in [1.29, 1.82) is 0 Å². The first kappa shape index (κ1) is 15.0. The van der Waals surface area contributed by atoms with Gasteiger partial charge in [0.1, 0.15) is 0 Å². The van der Waals surface area contributed by atoms with E-state index in [1.54, 1.807) is 0 Å². The summed E-state index contributed by atoms with van der Waals surface area (Å²) < 4.78 is 0. The van der Waals surface area contributed by atoms with Gasteiger partial charge in [-0.1, -0.05) is 20.8 Å². The minimum Gasteiger partial charge on any atom is -0.311 e. The average Bonchev–Trinajstić information content (AvgIpc) is 2.96. The summed E-state index contributed by atoms with van der Waals surface area (Å²) in [7, 11) is 0. The van der Waals surface area contributed by atoms with Crippen LogP contribution in [0.25, 0.3) is 0 Å². The van der Waals surface area contributed by atoms with Gasteiger partial charge in [-0.2, -0.15) is 0 Å². The molecule has 0 aromatic heterocycles. The highest BCUT2D eigenvalue weighted by atomic mass is 15.1. The van der Waals surface area contributed by atoms with E-state index in [0.717, 1.165) is 12.5 Å². The quantitative estimate of drug-likeness (QED) is 0.735. The van der Waals surface area contributed by atoms with Gasteiger partial charge in [0.15, 0.2) is 0 Å². The first-order valence-electron chi connectivity index (χ1n) is 7.19. The van der Waals surface area contributed by atoms with E-state index in [1.165, 1.54) is 32.5 Å². The molecule has 1 saturated carbocycles. The van der Waals surface area contributed by atoms with Gasteiger partial charge in [-0.15, -0.1) is 0 Å². The fourth-order valence-corrected chi connectivity index (χ4v) is 2.14. The Balaban J connectivity index is 2.34. The molecule has 102 valence electrons. The topological polar surface area (TPSA) is 15.3 Å². The third kappa shape index (κ3) is 7.05. The highest BCUT2D eigenvalue weighted by Crippen LogP contribution is 2.30. The molecule has 0 atom stereocenters. The van der Waals surface area contributed by atoms with Crippen LogP contribution in [-0.2, 0) is 0 Å². The zero-order valence-electron chi connectivity index (χ0n) is 12.8. The van der Waals surface area contributed by atoms with Crippen molar-refractivity contribution in [2.24, 2.45) is 11.3 Å². The Labute approximate surface area is 108 Å². The third-order valence-electron chi connectivity index (χ3n) is 3.41. The number of rotatable bonds is 7. The summed E-state index contributed by atoms with van der Waals surface area (Å²) >= 11 is 0. The van der Waals surface area contributed by atoms with Crippen LogP contribution in [0.15, 0.2) is 0 Å². The molecule has 1 aliphatic carbocycles. The van der Waals surface area contributed by atoms with E-state index in [1.807, 2.05) is 0 Å². The summed E-state index contributed by atoms with van der Waals surface area (Å²) in [6.45, 7) is 18.6. The maximum Gasteiger partial charge on any atom is 0.00967 e. The molecule has 0 saturated heterocycles. The van der Waals surface area contributed by atoms with Gasteiger partial charge < -0.3 is 10.2 Å². The Kier molecular flexibility index (Phi) is 5.03. The standard InChI is InChI=1S/C15H32N2/c1-7-17(10-13-8-9-13)12-15(5,6)11-16-14(2,3)4/h13,16H,7-12H2,1-6H3. The highest BCUT2D eigenvalue weighted by Gasteiger charge is 2.28. The molecule has 0 bridgehead atoms. The average molecular weight is 240 g/mol. The maximum atomic E-state index is 3.63. The predicted octanol–water partition coefficient (Wildman–Crippen LogP) is 3.13. The van der Waals surface area contributed by atoms with Crippen LogP contribution in [0, 0.1) is 11.3 Å². The van der Waals surface area contributed by atoms with Crippen LogP contribution >= 0.6 is 0 Å². The van der Waals surface area contributed by atoms with Crippen LogP contribution < -0.4 is 5.32 Å². The molecule has 0 radical (unpaired) electrons. The van der Waals surface area contributed by atoms with E-state index in [0.29, 0.717) is 5.41 Å². The highest BCUT2D eigenvalue weighted by molar-refractivity contribution is 4.83. The Bertz CT molecular complexity index is 224. The van der Waals surface area contributed by atoms with E-state index >= 15 is 0 Å². The van der Waals surface area contributed by atoms with Crippen molar-refractivity contribution < 1.29 is 0 Å². The molecule has 0 heterocycles. The van der Waals surface area contributed by atoms with E-state index in [4.69, 9.17) is 0 Å². The smallest absolute Gasteiger partial charge is 0.00967 e. The molecule has 0 amide bonds. The van der Waals surface area contributed by atoms with Crippen molar-refractivity contribution >= 4 is 0 Å². The van der Waals surface area contributed by atoms with Gasteiger partial charge in [0, 0.05) is 25.2 Å². The molecule has 17 heavy (non-hydrogen) atoms. The molecule has 0 unspecified atom stereocenters. The molecule has 0 aromatic rings. The van der Waals surface area contributed by atoms with Crippen LogP contribution in [-0.4, -0.2) is 36.6 Å². The fraction of sp³-hybridized carbons (Fsp3) is 1.00. The van der Waals surface area contributed by atoms with Crippen LogP contribution in [0.2, 0.25) is 0 Å². The third-order valence-corrected chi connectivity index (χ3v) is 3.41. The van der Waals surface area contributed by atoms with Crippen LogP contribution in [0.1, 0.15) is 54.4 Å². The van der Waals surface area contributed by atoms with Crippen LogP contribution in [0.4, 0.5) is 0 Å². The molecular weight excluding hydrogens is 208 g/mol. The van der Waals surface area contributed by atoms with Crippen molar-refractivity contribution in [3.63, 3.8) is 0 Å². The second-order valence-electron chi connectivity index (χ2n) is 7.54. The van der Waals surface area contributed by atoms with Crippen molar-refractivity contribution in [2.75, 3.05) is 26.2 Å². The second kappa shape index (κ2) is 5.71. The lowest BCUT2D eigenvalue weighted by Gasteiger charge is -2.35. The number of hydrogen-bond donors (Lipinski definition) is 1. The molecule has 2 heteroatoms. The van der Waals surface area contributed by atoms with Gasteiger partial charge in [-0.25, -0.2) is 0 Å². The zero-order valence-corrected chi connectivity index (χ0v) is 12.8. The van der Waals surface area contributed by atoms with Gasteiger partial charge in [-0.3, -0.25) is 0 Å². The first-order valence-corrected chi connectivity index (χ1v) is 7.19. The van der Waals surface area contributed by atoms with Crippen molar-refractivity contribution in [3.05, 3.63) is 0 Å². The molecule has 1 fully saturated rings. The lowest BCUT2D eigenvalue weighted by atomic mass is 9.91. The van der Waals surface area contributed by atoms with Crippen LogP contribution in [0.5, 0.6) is 0 Å². The summed E-state index contributed by atoms with van der Waals surface area (Å²) in [5.41, 5.74) is 0.586. The maximum absolute atomic E-state index is 3.63. The van der Waals surface area contributed by atoms with Gasteiger partial charge >= 0.3 is 0 Å². The summed E-state index contributed by atoms with van der Waals surface area (Å²) in [4.78, 5) is 2.63. The monoisotopic (exact) mass is 240 g/mol. The summed E-state index contributed by atoms with van der Waals surface area (Å²) in [5, 5.41) is 3.63. The molecule has 1 aliphatic rings. The Morgan fingerprint density at radius 1 is 1.12 bits per heavy atom. The lowest BCUT2D eigenvalue weighted by molar-refractivity contribution is 0.166. The minimum atomic E-state index is 0.227. The predicted molar refractivity (Wildman–Crippen MR) is 76.4 cm³/mol. The second-order valence-corrected chi connectivity index (χ2v) is 7.54. The van der Waals surface area contributed by atoms with Crippen molar-refractivity contribution in [2.45, 2.75) is 59.9 Å². The minimum absolute atomic E-state index is 0.227. The molecule has 1 N–H and O–H groups in total. The van der Waals surface area contributed by atoms with Crippen molar-refractivity contribution in [1.82, 2.24) is 10.2 Å². The number of hydrogen-bond acceptors (Lipinski definition) is 2. The number of nitrogens with zero attached hydrogens (tertiary/aromatic N) is 1. The van der Waals surface area contributed by atoms with E-state index in [-0.39, 0.29) is 5.54 Å². The van der Waals surface area contributed by atoms with Crippen molar-refractivity contribution in [3.8, 4) is 0 Å². The Hall–Kier alpha value is -0.0800. The SMILES string of the molecule is CCN(CC1CC1)CC(C)(C)CNC(C)(C)C. The molecule has 2 nitrogen and oxygen atoms in total. The Morgan fingerprint density at radius 3 is 2.12 bits per heavy atom. The van der Waals surface area contributed by atoms with Crippen LogP contribution in [0.3, 0.4) is 0 Å². The fourth-order valence-electron chi connectivity index (χ4n) is 2.14. The molecule has 0 spiro atoms. The summed E-state index contributed by atoms with van der Waals surface area (Å²) in [6.07, 6.45) is 2.91. The van der Waals surface area contributed by atoms with E-state index in [9.17, 15) is 0 Å². The first-order chi connectivity index (χ1) is 7.72. The summed E-state index contributed by atoms with van der Waals surface area (Å²) in [6, 6.07) is 0. The van der Waals surface area contributed by atoms with E-state index < -0.39 is 0 Å². The number of nitrogens with one attached hydrogen (secondary N) is 1. The van der Waals surface area contributed by atoms with Gasteiger partial charge in [0.25, 0.3) is 0 Å². The normalized spacial score (nSPS) is 17.8. The van der Waals surface area contributed by atoms with Gasteiger partial charge in [0.05, 0.1) is 0 Å².